The van der Waals surface area contributed by atoms with Crippen LogP contribution >= 0.6 is 0 Å². The third-order valence-electron chi connectivity index (χ3n) is 12.3. The van der Waals surface area contributed by atoms with Crippen LogP contribution in [0.2, 0.25) is 0 Å². The highest BCUT2D eigenvalue weighted by Crippen LogP contribution is 2.57. The molecule has 3 aliphatic carbocycles. The maximum Gasteiger partial charge on any atom is 0.164 e. The first-order chi connectivity index (χ1) is 27.1. The minimum Gasteiger partial charge on any atom is -0.456 e. The summed E-state index contributed by atoms with van der Waals surface area (Å²) in [5, 5.41) is 14.3. The van der Waals surface area contributed by atoms with Gasteiger partial charge in [0.25, 0.3) is 0 Å². The summed E-state index contributed by atoms with van der Waals surface area (Å²) in [6.45, 7) is 0. The number of furan rings is 1. The van der Waals surface area contributed by atoms with Gasteiger partial charge >= 0.3 is 0 Å². The third kappa shape index (κ3) is 5.09. The van der Waals surface area contributed by atoms with Crippen molar-refractivity contribution in [3.8, 4) is 40.0 Å². The van der Waals surface area contributed by atoms with Crippen molar-refractivity contribution in [1.29, 1.82) is 5.26 Å². The molecule has 2 heterocycles. The SMILES string of the molecule is N#Cc1ccc2c(c1)C1(CCCCC1)c1cccc(C3=CC=C(c4nc(-c5ccc6ccccc6c5)nc(-c5ccc6c(c5)oc5ccccc56)n4)CC3)c1-2. The van der Waals surface area contributed by atoms with E-state index in [0.717, 1.165) is 75.3 Å². The number of hydrogen-bond acceptors (Lipinski definition) is 5. The smallest absolute Gasteiger partial charge is 0.164 e. The van der Waals surface area contributed by atoms with E-state index in [9.17, 15) is 5.26 Å². The zero-order chi connectivity index (χ0) is 36.5. The molecule has 1 fully saturated rings. The van der Waals surface area contributed by atoms with Crippen molar-refractivity contribution < 1.29 is 4.42 Å². The van der Waals surface area contributed by atoms with Gasteiger partial charge in [0, 0.05) is 27.3 Å². The Labute approximate surface area is 319 Å². The standard InChI is InChI=1S/C50H36N4O/c51-30-31-15-23-41-43(27-31)50(25-6-1-7-26-50)42-13-8-12-38(46(41)42)33-17-19-34(20-18-33)47-52-48(36-21-16-32-9-2-3-10-35(32)28-36)54-49(53-47)37-22-24-40-39-11-4-5-14-44(39)55-45(40)29-37/h2-5,8-17,19,21-24,27-29H,1,6-7,18,20,25-26H2. The Bertz CT molecular complexity index is 2990. The lowest BCUT2D eigenvalue weighted by Gasteiger charge is -2.36. The molecule has 2 aromatic heterocycles. The molecular weight excluding hydrogens is 673 g/mol. The summed E-state index contributed by atoms with van der Waals surface area (Å²) in [5.41, 5.74) is 13.4. The second-order valence-corrected chi connectivity index (χ2v) is 15.3. The first kappa shape index (κ1) is 31.8. The normalized spacial score (nSPS) is 15.8. The first-order valence-corrected chi connectivity index (χ1v) is 19.4. The Morgan fingerprint density at radius 2 is 1.27 bits per heavy atom. The zero-order valence-corrected chi connectivity index (χ0v) is 30.3. The topological polar surface area (TPSA) is 75.6 Å². The lowest BCUT2D eigenvalue weighted by molar-refractivity contribution is 0.353. The van der Waals surface area contributed by atoms with Crippen molar-refractivity contribution in [2.45, 2.75) is 50.4 Å². The second-order valence-electron chi connectivity index (χ2n) is 15.3. The van der Waals surface area contributed by atoms with Crippen molar-refractivity contribution in [2.75, 3.05) is 0 Å². The number of hydrogen-bond donors (Lipinski definition) is 0. The number of allylic oxidation sites excluding steroid dienone is 4. The Morgan fingerprint density at radius 3 is 2.11 bits per heavy atom. The van der Waals surface area contributed by atoms with Crippen LogP contribution in [0.3, 0.4) is 0 Å². The maximum absolute atomic E-state index is 9.84. The van der Waals surface area contributed by atoms with Crippen molar-refractivity contribution in [3.63, 3.8) is 0 Å². The zero-order valence-electron chi connectivity index (χ0n) is 30.3. The summed E-state index contributed by atoms with van der Waals surface area (Å²) in [7, 11) is 0. The minimum absolute atomic E-state index is 0.00611. The van der Waals surface area contributed by atoms with Crippen LogP contribution in [0.5, 0.6) is 0 Å². The van der Waals surface area contributed by atoms with E-state index in [0.29, 0.717) is 17.5 Å². The summed E-state index contributed by atoms with van der Waals surface area (Å²) in [6.07, 6.45) is 12.2. The summed E-state index contributed by atoms with van der Waals surface area (Å²) in [6, 6.07) is 44.9. The molecule has 0 N–H and O–H groups in total. The van der Waals surface area contributed by atoms with Crippen molar-refractivity contribution in [2.24, 2.45) is 0 Å². The maximum atomic E-state index is 9.84. The molecule has 262 valence electrons. The minimum atomic E-state index is -0.00611. The molecule has 0 radical (unpaired) electrons. The predicted octanol–water partition coefficient (Wildman–Crippen LogP) is 12.6. The average molecular weight is 709 g/mol. The van der Waals surface area contributed by atoms with Crippen LogP contribution in [0.4, 0.5) is 0 Å². The monoisotopic (exact) mass is 708 g/mol. The highest BCUT2D eigenvalue weighted by molar-refractivity contribution is 6.05. The molecule has 0 aliphatic heterocycles. The van der Waals surface area contributed by atoms with E-state index >= 15 is 0 Å². The van der Waals surface area contributed by atoms with Crippen molar-refractivity contribution >= 4 is 43.9 Å². The third-order valence-corrected chi connectivity index (χ3v) is 12.3. The summed E-state index contributed by atoms with van der Waals surface area (Å²) in [4.78, 5) is 15.4. The number of fused-ring (bicyclic) bond motifs is 9. The fourth-order valence-electron chi connectivity index (χ4n) is 9.59. The molecule has 0 atom stereocenters. The molecule has 55 heavy (non-hydrogen) atoms. The summed E-state index contributed by atoms with van der Waals surface area (Å²) >= 11 is 0. The fraction of sp³-hybridized carbons (Fsp3) is 0.160. The van der Waals surface area contributed by atoms with Gasteiger partial charge in [-0.1, -0.05) is 116 Å². The Kier molecular flexibility index (Phi) is 7.22. The number of nitriles is 1. The van der Waals surface area contributed by atoms with Gasteiger partial charge < -0.3 is 4.42 Å². The molecule has 0 unspecified atom stereocenters. The number of benzene rings is 6. The first-order valence-electron chi connectivity index (χ1n) is 19.4. The van der Waals surface area contributed by atoms with Crippen LogP contribution in [0.25, 0.3) is 77.8 Å². The van der Waals surface area contributed by atoms with E-state index < -0.39 is 0 Å². The fourth-order valence-corrected chi connectivity index (χ4v) is 9.59. The van der Waals surface area contributed by atoms with Gasteiger partial charge in [0.2, 0.25) is 0 Å². The Hall–Kier alpha value is -6.64. The average Bonchev–Trinajstić information content (AvgIpc) is 3.76. The Morgan fingerprint density at radius 1 is 0.545 bits per heavy atom. The van der Waals surface area contributed by atoms with Crippen LogP contribution in [0, 0.1) is 11.3 Å². The van der Waals surface area contributed by atoms with Crippen LogP contribution in [0.15, 0.2) is 138 Å². The molecule has 1 spiro atoms. The van der Waals surface area contributed by atoms with E-state index in [1.54, 1.807) is 0 Å². The van der Waals surface area contributed by atoms with Gasteiger partial charge in [-0.05, 0) is 112 Å². The van der Waals surface area contributed by atoms with Crippen molar-refractivity contribution in [1.82, 2.24) is 15.0 Å². The molecule has 0 bridgehead atoms. The molecular formula is C50H36N4O. The van der Waals surface area contributed by atoms with Gasteiger partial charge in [0.05, 0.1) is 11.6 Å². The molecule has 8 aromatic rings. The highest BCUT2D eigenvalue weighted by Gasteiger charge is 2.44. The lowest BCUT2D eigenvalue weighted by atomic mass is 9.67. The van der Waals surface area contributed by atoms with Crippen molar-refractivity contribution in [3.05, 3.63) is 162 Å². The molecule has 1 saturated carbocycles. The van der Waals surface area contributed by atoms with E-state index in [1.807, 2.05) is 24.3 Å². The molecule has 5 heteroatoms. The number of nitrogens with zero attached hydrogens (tertiary/aromatic N) is 4. The Balaban J connectivity index is 1.03. The molecule has 5 nitrogen and oxygen atoms in total. The quantitative estimate of drug-likeness (QED) is 0.182. The molecule has 0 saturated heterocycles. The molecule has 3 aliphatic rings. The number of para-hydroxylation sites is 1. The van der Waals surface area contributed by atoms with Gasteiger partial charge in [-0.25, -0.2) is 15.0 Å². The highest BCUT2D eigenvalue weighted by atomic mass is 16.3. The summed E-state index contributed by atoms with van der Waals surface area (Å²) < 4.78 is 6.28. The van der Waals surface area contributed by atoms with Gasteiger partial charge in [-0.3, -0.25) is 0 Å². The number of rotatable bonds is 4. The predicted molar refractivity (Wildman–Crippen MR) is 221 cm³/mol. The largest absolute Gasteiger partial charge is 0.456 e. The lowest BCUT2D eigenvalue weighted by Crippen LogP contribution is -2.28. The second kappa shape index (κ2) is 12.5. The van der Waals surface area contributed by atoms with E-state index in [1.165, 1.54) is 58.0 Å². The van der Waals surface area contributed by atoms with Crippen LogP contribution in [0.1, 0.15) is 73.0 Å². The van der Waals surface area contributed by atoms with Crippen LogP contribution in [-0.4, -0.2) is 15.0 Å². The van der Waals surface area contributed by atoms with Gasteiger partial charge in [0.1, 0.15) is 11.2 Å². The molecule has 6 aromatic carbocycles. The molecule has 11 rings (SSSR count). The van der Waals surface area contributed by atoms with Gasteiger partial charge in [-0.2, -0.15) is 5.26 Å². The van der Waals surface area contributed by atoms with Crippen LogP contribution in [-0.2, 0) is 5.41 Å². The van der Waals surface area contributed by atoms with Crippen LogP contribution < -0.4 is 0 Å². The summed E-state index contributed by atoms with van der Waals surface area (Å²) in [5.74, 6) is 1.97. The van der Waals surface area contributed by atoms with E-state index in [4.69, 9.17) is 19.4 Å². The molecule has 0 amide bonds. The van der Waals surface area contributed by atoms with E-state index in [2.05, 4.69) is 115 Å². The van der Waals surface area contributed by atoms with Gasteiger partial charge in [0.15, 0.2) is 17.5 Å². The van der Waals surface area contributed by atoms with Gasteiger partial charge in [-0.15, -0.1) is 0 Å². The number of aromatic nitrogens is 3. The van der Waals surface area contributed by atoms with E-state index in [-0.39, 0.29) is 5.41 Å².